The molecule has 0 unspecified atom stereocenters. The largest absolute Gasteiger partial charge is 0.415 e. The van der Waals surface area contributed by atoms with Crippen LogP contribution < -0.4 is 4.74 Å². The van der Waals surface area contributed by atoms with Crippen molar-refractivity contribution in [3.05, 3.63) is 65.5 Å². The van der Waals surface area contributed by atoms with Crippen LogP contribution in [-0.4, -0.2) is 5.97 Å². The van der Waals surface area contributed by atoms with Crippen LogP contribution in [0.1, 0.15) is 5.56 Å². The third-order valence-electron chi connectivity index (χ3n) is 2.92. The van der Waals surface area contributed by atoms with E-state index in [1.54, 1.807) is 6.07 Å². The van der Waals surface area contributed by atoms with Crippen LogP contribution in [0.4, 0.5) is 0 Å². The summed E-state index contributed by atoms with van der Waals surface area (Å²) in [7, 11) is 0. The van der Waals surface area contributed by atoms with E-state index in [4.69, 9.17) is 4.74 Å². The van der Waals surface area contributed by atoms with Gasteiger partial charge in [-0.3, -0.25) is 4.79 Å². The van der Waals surface area contributed by atoms with E-state index in [0.29, 0.717) is 11.5 Å². The highest BCUT2D eigenvalue weighted by atomic mass is 32.1. The van der Waals surface area contributed by atoms with Gasteiger partial charge in [-0.05, 0) is 33.8 Å². The first-order valence-electron chi connectivity index (χ1n) is 6.04. The fourth-order valence-electron chi connectivity index (χ4n) is 2.07. The molecule has 19 heavy (non-hydrogen) atoms. The predicted molar refractivity (Wildman–Crippen MR) is 77.6 cm³/mol. The lowest BCUT2D eigenvalue weighted by atomic mass is 10.0. The molecule has 0 saturated carbocycles. The van der Waals surface area contributed by atoms with E-state index in [1.807, 2.05) is 53.9 Å². The van der Waals surface area contributed by atoms with Crippen LogP contribution in [0.15, 0.2) is 60.0 Å². The minimum atomic E-state index is -0.223. The highest BCUT2D eigenvalue weighted by Crippen LogP contribution is 2.21. The first kappa shape index (κ1) is 11.9. The van der Waals surface area contributed by atoms with E-state index in [0.717, 1.165) is 16.3 Å². The fourth-order valence-corrected chi connectivity index (χ4v) is 2.66. The van der Waals surface area contributed by atoms with Gasteiger partial charge in [0.15, 0.2) is 5.06 Å². The van der Waals surface area contributed by atoms with E-state index in [-0.39, 0.29) is 5.97 Å². The third kappa shape index (κ3) is 2.66. The Balaban J connectivity index is 1.83. The predicted octanol–water partition coefficient (Wildman–Crippen LogP) is 4.05. The van der Waals surface area contributed by atoms with Gasteiger partial charge in [0.25, 0.3) is 0 Å². The van der Waals surface area contributed by atoms with Crippen LogP contribution in [0.25, 0.3) is 10.8 Å². The zero-order chi connectivity index (χ0) is 13.1. The maximum atomic E-state index is 11.9. The molecular weight excluding hydrogens is 256 g/mol. The van der Waals surface area contributed by atoms with Gasteiger partial charge in [-0.2, -0.15) is 0 Å². The number of fused-ring (bicyclic) bond motifs is 1. The topological polar surface area (TPSA) is 26.3 Å². The Kier molecular flexibility index (Phi) is 3.29. The molecule has 1 heterocycles. The van der Waals surface area contributed by atoms with Gasteiger partial charge in [0.2, 0.25) is 0 Å². The van der Waals surface area contributed by atoms with Crippen LogP contribution in [0, 0.1) is 0 Å². The Morgan fingerprint density at radius 1 is 1.00 bits per heavy atom. The summed E-state index contributed by atoms with van der Waals surface area (Å²) in [5.74, 6) is -0.223. The smallest absolute Gasteiger partial charge is 0.316 e. The lowest BCUT2D eigenvalue weighted by Gasteiger charge is -2.06. The zero-order valence-corrected chi connectivity index (χ0v) is 11.0. The molecule has 3 rings (SSSR count). The molecule has 1 aromatic heterocycles. The quantitative estimate of drug-likeness (QED) is 0.670. The average molecular weight is 268 g/mol. The molecule has 0 fully saturated rings. The Morgan fingerprint density at radius 2 is 1.84 bits per heavy atom. The van der Waals surface area contributed by atoms with Crippen molar-refractivity contribution in [2.75, 3.05) is 0 Å². The Hall–Kier alpha value is -2.13. The van der Waals surface area contributed by atoms with Crippen LogP contribution >= 0.6 is 11.3 Å². The van der Waals surface area contributed by atoms with E-state index in [2.05, 4.69) is 0 Å². The zero-order valence-electron chi connectivity index (χ0n) is 10.2. The minimum absolute atomic E-state index is 0.223. The normalized spacial score (nSPS) is 10.5. The molecule has 0 aliphatic heterocycles. The number of ether oxygens (including phenoxy) is 1. The molecule has 0 aliphatic rings. The van der Waals surface area contributed by atoms with E-state index < -0.39 is 0 Å². The van der Waals surface area contributed by atoms with Gasteiger partial charge in [-0.1, -0.05) is 42.5 Å². The monoisotopic (exact) mass is 268 g/mol. The molecule has 0 atom stereocenters. The van der Waals surface area contributed by atoms with Gasteiger partial charge < -0.3 is 4.74 Å². The molecule has 0 N–H and O–H groups in total. The lowest BCUT2D eigenvalue weighted by molar-refractivity contribution is -0.133. The summed E-state index contributed by atoms with van der Waals surface area (Å²) >= 11 is 1.42. The molecule has 2 nitrogen and oxygen atoms in total. The van der Waals surface area contributed by atoms with Gasteiger partial charge in [-0.15, -0.1) is 11.3 Å². The lowest BCUT2D eigenvalue weighted by Crippen LogP contribution is -2.10. The standard InChI is InChI=1S/C16H12O2S/c17-15(18-16-9-4-10-19-16)11-13-7-3-6-12-5-1-2-8-14(12)13/h1-10H,11H2. The Morgan fingerprint density at radius 3 is 2.68 bits per heavy atom. The molecule has 3 heteroatoms. The van der Waals surface area contributed by atoms with Crippen molar-refractivity contribution in [2.45, 2.75) is 6.42 Å². The number of hydrogen-bond donors (Lipinski definition) is 0. The molecule has 0 amide bonds. The number of carbonyl (C=O) groups excluding carboxylic acids is 1. The second-order valence-corrected chi connectivity index (χ2v) is 5.13. The maximum Gasteiger partial charge on any atom is 0.316 e. The summed E-state index contributed by atoms with van der Waals surface area (Å²) in [6.07, 6.45) is 0.291. The molecule has 0 spiro atoms. The third-order valence-corrected chi connectivity index (χ3v) is 3.67. The highest BCUT2D eigenvalue weighted by Gasteiger charge is 2.09. The maximum absolute atomic E-state index is 11.9. The van der Waals surface area contributed by atoms with Crippen molar-refractivity contribution < 1.29 is 9.53 Å². The van der Waals surface area contributed by atoms with Crippen molar-refractivity contribution in [1.29, 1.82) is 0 Å². The summed E-state index contributed by atoms with van der Waals surface area (Å²) in [6, 6.07) is 17.7. The van der Waals surface area contributed by atoms with Gasteiger partial charge in [-0.25, -0.2) is 0 Å². The number of esters is 1. The molecule has 2 aromatic carbocycles. The van der Waals surface area contributed by atoms with Crippen molar-refractivity contribution >= 4 is 28.1 Å². The van der Waals surface area contributed by atoms with E-state index in [9.17, 15) is 4.79 Å². The highest BCUT2D eigenvalue weighted by molar-refractivity contribution is 7.11. The Bertz CT molecular complexity index is 696. The van der Waals surface area contributed by atoms with E-state index >= 15 is 0 Å². The summed E-state index contributed by atoms with van der Waals surface area (Å²) in [5, 5.41) is 4.78. The van der Waals surface area contributed by atoms with Crippen LogP contribution in [-0.2, 0) is 11.2 Å². The molecule has 0 saturated heterocycles. The summed E-state index contributed by atoms with van der Waals surface area (Å²) < 4.78 is 5.29. The SMILES string of the molecule is O=C(Cc1cccc2ccccc12)Oc1cccs1. The summed E-state index contributed by atoms with van der Waals surface area (Å²) in [5.41, 5.74) is 1.000. The number of carbonyl (C=O) groups is 1. The second-order valence-electron chi connectivity index (χ2n) is 4.22. The molecular formula is C16H12O2S. The van der Waals surface area contributed by atoms with Crippen LogP contribution in [0.5, 0.6) is 5.06 Å². The summed E-state index contributed by atoms with van der Waals surface area (Å²) in [6.45, 7) is 0. The van der Waals surface area contributed by atoms with Crippen molar-refractivity contribution in [1.82, 2.24) is 0 Å². The van der Waals surface area contributed by atoms with Crippen LogP contribution in [0.2, 0.25) is 0 Å². The first-order chi connectivity index (χ1) is 9.33. The molecule has 3 aromatic rings. The first-order valence-corrected chi connectivity index (χ1v) is 6.92. The van der Waals surface area contributed by atoms with E-state index in [1.165, 1.54) is 11.3 Å². The molecule has 0 radical (unpaired) electrons. The second kappa shape index (κ2) is 5.24. The minimum Gasteiger partial charge on any atom is -0.415 e. The summed E-state index contributed by atoms with van der Waals surface area (Å²) in [4.78, 5) is 11.9. The van der Waals surface area contributed by atoms with Gasteiger partial charge in [0.1, 0.15) is 0 Å². The van der Waals surface area contributed by atoms with Crippen molar-refractivity contribution in [3.8, 4) is 5.06 Å². The molecule has 94 valence electrons. The average Bonchev–Trinajstić information content (AvgIpc) is 2.92. The number of rotatable bonds is 3. The van der Waals surface area contributed by atoms with Gasteiger partial charge >= 0.3 is 5.97 Å². The van der Waals surface area contributed by atoms with Crippen molar-refractivity contribution in [2.24, 2.45) is 0 Å². The molecule has 0 bridgehead atoms. The number of benzene rings is 2. The molecule has 0 aliphatic carbocycles. The Labute approximate surface area is 115 Å². The number of thiophene rings is 1. The van der Waals surface area contributed by atoms with Crippen LogP contribution in [0.3, 0.4) is 0 Å². The van der Waals surface area contributed by atoms with Crippen molar-refractivity contribution in [3.63, 3.8) is 0 Å². The van der Waals surface area contributed by atoms with Gasteiger partial charge in [0.05, 0.1) is 6.42 Å². The number of hydrogen-bond acceptors (Lipinski definition) is 3. The fraction of sp³-hybridized carbons (Fsp3) is 0.0625. The van der Waals surface area contributed by atoms with Gasteiger partial charge in [0, 0.05) is 0 Å².